The Morgan fingerprint density at radius 2 is 1.97 bits per heavy atom. The van der Waals surface area contributed by atoms with Crippen molar-refractivity contribution in [2.45, 2.75) is 38.6 Å². The Balaban J connectivity index is 1.33. The lowest BCUT2D eigenvalue weighted by atomic mass is 9.83. The molecule has 4 heterocycles. The van der Waals surface area contributed by atoms with Crippen LogP contribution in [-0.4, -0.2) is 52.4 Å². The van der Waals surface area contributed by atoms with Crippen molar-refractivity contribution in [2.75, 3.05) is 19.6 Å². The number of nitrogens with zero attached hydrogens (tertiary/aromatic N) is 3. The number of rotatable bonds is 4. The summed E-state index contributed by atoms with van der Waals surface area (Å²) >= 11 is 1.63. The van der Waals surface area contributed by atoms with Crippen LogP contribution in [0.3, 0.4) is 0 Å². The average Bonchev–Trinajstić information content (AvgIpc) is 3.48. The molecule has 3 aromatic rings. The number of hydrogen-bond acceptors (Lipinski definition) is 5. The van der Waals surface area contributed by atoms with Gasteiger partial charge in [0.15, 0.2) is 0 Å². The third-order valence-electron chi connectivity index (χ3n) is 6.71. The van der Waals surface area contributed by atoms with Gasteiger partial charge in [0.25, 0.3) is 5.91 Å². The lowest BCUT2D eigenvalue weighted by Gasteiger charge is -2.47. The molecule has 0 saturated carbocycles. The van der Waals surface area contributed by atoms with E-state index in [9.17, 15) is 9.59 Å². The van der Waals surface area contributed by atoms with E-state index in [2.05, 4.69) is 5.16 Å². The second kappa shape index (κ2) is 8.90. The molecule has 0 spiro atoms. The molecular weight excluding hydrogens is 422 g/mol. The molecule has 0 unspecified atom stereocenters. The molecule has 0 bridgehead atoms. The molecule has 2 aromatic heterocycles. The van der Waals surface area contributed by atoms with Gasteiger partial charge in [-0.05, 0) is 43.6 Å². The van der Waals surface area contributed by atoms with Gasteiger partial charge in [-0.1, -0.05) is 41.6 Å². The summed E-state index contributed by atoms with van der Waals surface area (Å²) < 4.78 is 5.45. The summed E-state index contributed by atoms with van der Waals surface area (Å²) in [6.45, 7) is 3.97. The molecule has 5 rings (SSSR count). The molecule has 2 fully saturated rings. The van der Waals surface area contributed by atoms with E-state index < -0.39 is 0 Å². The van der Waals surface area contributed by atoms with E-state index in [0.29, 0.717) is 35.9 Å². The molecular formula is C25H27N3O3S. The van der Waals surface area contributed by atoms with Crippen LogP contribution in [0.1, 0.15) is 40.3 Å². The number of thiophene rings is 1. The van der Waals surface area contributed by atoms with E-state index >= 15 is 0 Å². The van der Waals surface area contributed by atoms with Crippen molar-refractivity contribution in [3.63, 3.8) is 0 Å². The van der Waals surface area contributed by atoms with Gasteiger partial charge in [0.05, 0.1) is 6.42 Å². The summed E-state index contributed by atoms with van der Waals surface area (Å²) in [5, 5.41) is 6.21. The Kier molecular flexibility index (Phi) is 5.83. The first-order valence-corrected chi connectivity index (χ1v) is 12.1. The maximum Gasteiger partial charge on any atom is 0.260 e. The predicted molar refractivity (Wildman–Crippen MR) is 123 cm³/mol. The molecule has 7 heteroatoms. The lowest BCUT2D eigenvalue weighted by Crippen LogP contribution is -2.56. The van der Waals surface area contributed by atoms with E-state index in [-0.39, 0.29) is 17.9 Å². The number of carbonyl (C=O) groups excluding carboxylic acids is 2. The summed E-state index contributed by atoms with van der Waals surface area (Å²) in [6, 6.07) is 13.9. The Hall–Kier alpha value is -2.93. The van der Waals surface area contributed by atoms with Gasteiger partial charge in [0.2, 0.25) is 5.91 Å². The second-order valence-corrected chi connectivity index (χ2v) is 9.71. The highest BCUT2D eigenvalue weighted by Crippen LogP contribution is 2.34. The highest BCUT2D eigenvalue weighted by Gasteiger charge is 2.40. The zero-order chi connectivity index (χ0) is 22.1. The van der Waals surface area contributed by atoms with E-state index in [0.717, 1.165) is 42.8 Å². The minimum absolute atomic E-state index is 0.00401. The van der Waals surface area contributed by atoms with Crippen LogP contribution in [-0.2, 0) is 11.2 Å². The standard InChI is InChI=1S/C25H27N3O3S/c1-17-23(24(26-31-17)18-7-3-2-4-8-18)25(30)28-12-5-9-19-16-27(13-11-21(19)28)22(29)15-20-10-6-14-32-20/h2-4,6-8,10,14,19,21H,5,9,11-13,15-16H2,1H3/t19-,21+/m1/s1. The maximum atomic E-state index is 13.7. The number of benzene rings is 1. The normalized spacial score (nSPS) is 20.8. The minimum atomic E-state index is -0.00401. The Labute approximate surface area is 191 Å². The number of hydrogen-bond donors (Lipinski definition) is 0. The van der Waals surface area contributed by atoms with Gasteiger partial charge in [-0.25, -0.2) is 0 Å². The highest BCUT2D eigenvalue weighted by molar-refractivity contribution is 7.10. The molecule has 2 atom stereocenters. The van der Waals surface area contributed by atoms with E-state index in [1.54, 1.807) is 18.3 Å². The fraction of sp³-hybridized carbons (Fsp3) is 0.400. The fourth-order valence-corrected chi connectivity index (χ4v) is 5.81. The molecule has 0 aliphatic carbocycles. The smallest absolute Gasteiger partial charge is 0.260 e. The van der Waals surface area contributed by atoms with Crippen molar-refractivity contribution in [3.8, 4) is 11.3 Å². The molecule has 0 radical (unpaired) electrons. The van der Waals surface area contributed by atoms with E-state index in [1.165, 1.54) is 0 Å². The van der Waals surface area contributed by atoms with Crippen LogP contribution in [0, 0.1) is 12.8 Å². The maximum absolute atomic E-state index is 13.7. The SMILES string of the molecule is Cc1onc(-c2ccccc2)c1C(=O)N1CCC[C@@H]2CN(C(=O)Cc3cccs3)CC[C@@H]21. The van der Waals surface area contributed by atoms with E-state index in [1.807, 2.05) is 57.6 Å². The highest BCUT2D eigenvalue weighted by atomic mass is 32.1. The Morgan fingerprint density at radius 1 is 1.12 bits per heavy atom. The van der Waals surface area contributed by atoms with Gasteiger partial charge in [-0.2, -0.15) is 0 Å². The van der Waals surface area contributed by atoms with Crippen LogP contribution in [0.25, 0.3) is 11.3 Å². The number of piperidine rings is 2. The zero-order valence-electron chi connectivity index (χ0n) is 18.2. The molecule has 2 aliphatic rings. The van der Waals surface area contributed by atoms with Crippen molar-refractivity contribution < 1.29 is 14.1 Å². The third kappa shape index (κ3) is 3.97. The Morgan fingerprint density at radius 3 is 2.75 bits per heavy atom. The molecule has 2 aliphatic heterocycles. The lowest BCUT2D eigenvalue weighted by molar-refractivity contribution is -0.133. The second-order valence-electron chi connectivity index (χ2n) is 8.68. The van der Waals surface area contributed by atoms with Crippen LogP contribution in [0.15, 0.2) is 52.4 Å². The van der Waals surface area contributed by atoms with Crippen LogP contribution in [0.5, 0.6) is 0 Å². The number of amides is 2. The van der Waals surface area contributed by atoms with Crippen LogP contribution < -0.4 is 0 Å². The van der Waals surface area contributed by atoms with E-state index in [4.69, 9.17) is 4.52 Å². The molecule has 1 aromatic carbocycles. The topological polar surface area (TPSA) is 66.7 Å². The number of fused-ring (bicyclic) bond motifs is 1. The number of aromatic nitrogens is 1. The van der Waals surface area contributed by atoms with Crippen LogP contribution >= 0.6 is 11.3 Å². The summed E-state index contributed by atoms with van der Waals surface area (Å²) in [6.07, 6.45) is 3.28. The van der Waals surface area contributed by atoms with Crippen LogP contribution in [0.4, 0.5) is 0 Å². The first-order chi connectivity index (χ1) is 15.6. The van der Waals surface area contributed by atoms with Gasteiger partial charge >= 0.3 is 0 Å². The monoisotopic (exact) mass is 449 g/mol. The molecule has 32 heavy (non-hydrogen) atoms. The van der Waals surface area contributed by atoms with Crippen molar-refractivity contribution >= 4 is 23.2 Å². The quantitative estimate of drug-likeness (QED) is 0.592. The Bertz CT molecular complexity index is 1090. The number of aryl methyl sites for hydroxylation is 1. The first-order valence-electron chi connectivity index (χ1n) is 11.2. The van der Waals surface area contributed by atoms with Gasteiger partial charge < -0.3 is 14.3 Å². The fourth-order valence-electron chi connectivity index (χ4n) is 5.12. The van der Waals surface area contributed by atoms with Gasteiger partial charge in [-0.3, -0.25) is 9.59 Å². The van der Waals surface area contributed by atoms with Crippen molar-refractivity contribution in [1.82, 2.24) is 15.0 Å². The van der Waals surface area contributed by atoms with Crippen LogP contribution in [0.2, 0.25) is 0 Å². The summed E-state index contributed by atoms with van der Waals surface area (Å²) in [5.74, 6) is 1.06. The molecule has 6 nitrogen and oxygen atoms in total. The molecule has 0 N–H and O–H groups in total. The molecule has 2 saturated heterocycles. The molecule has 2 amide bonds. The zero-order valence-corrected chi connectivity index (χ0v) is 19.0. The number of carbonyl (C=O) groups is 2. The molecule has 166 valence electrons. The largest absolute Gasteiger partial charge is 0.360 e. The van der Waals surface area contributed by atoms with Gasteiger partial charge in [0.1, 0.15) is 17.0 Å². The summed E-state index contributed by atoms with van der Waals surface area (Å²) in [7, 11) is 0. The summed E-state index contributed by atoms with van der Waals surface area (Å²) in [4.78, 5) is 31.6. The summed E-state index contributed by atoms with van der Waals surface area (Å²) in [5.41, 5.74) is 2.06. The predicted octanol–water partition coefficient (Wildman–Crippen LogP) is 4.41. The number of likely N-dealkylation sites (tertiary alicyclic amines) is 2. The third-order valence-corrected chi connectivity index (χ3v) is 7.59. The van der Waals surface area contributed by atoms with Crippen molar-refractivity contribution in [1.29, 1.82) is 0 Å². The minimum Gasteiger partial charge on any atom is -0.360 e. The van der Waals surface area contributed by atoms with Gasteiger partial charge in [-0.15, -0.1) is 11.3 Å². The average molecular weight is 450 g/mol. The van der Waals surface area contributed by atoms with Gasteiger partial charge in [0, 0.05) is 36.1 Å². The van der Waals surface area contributed by atoms with Crippen molar-refractivity contribution in [3.05, 3.63) is 64.0 Å². The van der Waals surface area contributed by atoms with Crippen molar-refractivity contribution in [2.24, 2.45) is 5.92 Å². The first kappa shape index (κ1) is 20.9.